The van der Waals surface area contributed by atoms with Crippen LogP contribution in [0.5, 0.6) is 5.75 Å². The fourth-order valence-corrected chi connectivity index (χ4v) is 4.38. The van der Waals surface area contributed by atoms with E-state index in [1.807, 2.05) is 43.3 Å². The van der Waals surface area contributed by atoms with Crippen LogP contribution in [-0.4, -0.2) is 14.3 Å². The Labute approximate surface area is 202 Å². The predicted octanol–water partition coefficient (Wildman–Crippen LogP) is 5.29. The van der Waals surface area contributed by atoms with Crippen molar-refractivity contribution in [1.29, 1.82) is 5.26 Å². The summed E-state index contributed by atoms with van der Waals surface area (Å²) in [6, 6.07) is 19.7. The van der Waals surface area contributed by atoms with Gasteiger partial charge in [0.1, 0.15) is 16.5 Å². The zero-order valence-electron chi connectivity index (χ0n) is 17.4. The van der Waals surface area contributed by atoms with Gasteiger partial charge in [-0.2, -0.15) is 13.7 Å². The molecule has 0 radical (unpaired) electrons. The van der Waals surface area contributed by atoms with E-state index in [0.29, 0.717) is 0 Å². The highest BCUT2D eigenvalue weighted by molar-refractivity contribution is 7.87. The Balaban J connectivity index is 1.93. The van der Waals surface area contributed by atoms with Gasteiger partial charge in [-0.3, -0.25) is 4.79 Å². The van der Waals surface area contributed by atoms with Crippen LogP contribution in [0, 0.1) is 18.3 Å². The maximum absolute atomic E-state index is 12.8. The number of nitrogens with zero attached hydrogens (tertiary/aromatic N) is 1. The Kier molecular flexibility index (Phi) is 7.77. The van der Waals surface area contributed by atoms with Gasteiger partial charge in [0, 0.05) is 17.1 Å². The highest BCUT2D eigenvalue weighted by Crippen LogP contribution is 2.36. The first-order chi connectivity index (χ1) is 15.7. The first-order valence-electron chi connectivity index (χ1n) is 9.64. The average molecular weight is 501 g/mol. The zero-order chi connectivity index (χ0) is 24.0. The van der Waals surface area contributed by atoms with Crippen molar-refractivity contribution in [3.05, 3.63) is 99.0 Å². The molecule has 0 saturated heterocycles. The van der Waals surface area contributed by atoms with Gasteiger partial charge in [0.15, 0.2) is 5.75 Å². The molecule has 168 valence electrons. The summed E-state index contributed by atoms with van der Waals surface area (Å²) in [5, 5.41) is 12.2. The molecule has 0 saturated carbocycles. The number of hydrogen-bond donors (Lipinski definition) is 1. The lowest BCUT2D eigenvalue weighted by Crippen LogP contribution is -2.24. The minimum atomic E-state index is -4.24. The summed E-state index contributed by atoms with van der Waals surface area (Å²) in [6.07, 6.45) is 1.18. The van der Waals surface area contributed by atoms with Crippen molar-refractivity contribution in [1.82, 2.24) is 5.32 Å². The van der Waals surface area contributed by atoms with Crippen molar-refractivity contribution in [3.63, 3.8) is 0 Å². The number of halogens is 2. The number of rotatable bonds is 7. The number of amides is 1. The summed E-state index contributed by atoms with van der Waals surface area (Å²) in [5.41, 5.74) is 1.51. The van der Waals surface area contributed by atoms with Crippen LogP contribution in [-0.2, 0) is 21.5 Å². The third kappa shape index (κ3) is 6.36. The fraction of sp³-hybridized carbons (Fsp3) is 0.0833. The highest BCUT2D eigenvalue weighted by Gasteiger charge is 2.22. The molecule has 0 unspecified atom stereocenters. The molecule has 0 spiro atoms. The molecule has 3 rings (SSSR count). The van der Waals surface area contributed by atoms with Gasteiger partial charge in [-0.05, 0) is 42.8 Å². The molecule has 0 aliphatic carbocycles. The lowest BCUT2D eigenvalue weighted by molar-refractivity contribution is -0.117. The van der Waals surface area contributed by atoms with Crippen molar-refractivity contribution < 1.29 is 17.4 Å². The number of nitriles is 1. The van der Waals surface area contributed by atoms with Gasteiger partial charge in [-0.15, -0.1) is 0 Å². The topological polar surface area (TPSA) is 96.3 Å². The smallest absolute Gasteiger partial charge is 0.339 e. The van der Waals surface area contributed by atoms with E-state index in [9.17, 15) is 18.5 Å². The molecule has 9 heteroatoms. The van der Waals surface area contributed by atoms with E-state index in [4.69, 9.17) is 27.4 Å². The summed E-state index contributed by atoms with van der Waals surface area (Å²) in [4.78, 5) is 12.5. The molecule has 0 aromatic heterocycles. The van der Waals surface area contributed by atoms with E-state index >= 15 is 0 Å². The third-order valence-corrected chi connectivity index (χ3v) is 6.24. The molecule has 0 aliphatic rings. The maximum Gasteiger partial charge on any atom is 0.339 e. The molecule has 0 atom stereocenters. The minimum Gasteiger partial charge on any atom is -0.377 e. The molecule has 3 aromatic carbocycles. The molecule has 3 aromatic rings. The molecule has 1 amide bonds. The standard InChI is InChI=1S/C24H18Cl2N2O4S/c1-16-7-9-21(10-8-16)33(30,31)32-23-18(12-20(25)13-22(23)26)11-19(14-27)24(29)28-15-17-5-3-2-4-6-17/h2-13H,15H2,1H3,(H,28,29)/b19-11+. The quantitative estimate of drug-likeness (QED) is 0.270. The van der Waals surface area contributed by atoms with Crippen molar-refractivity contribution >= 4 is 45.3 Å². The van der Waals surface area contributed by atoms with Crippen LogP contribution in [0.4, 0.5) is 0 Å². The molecule has 0 aliphatic heterocycles. The van der Waals surface area contributed by atoms with Crippen molar-refractivity contribution in [2.75, 3.05) is 0 Å². The van der Waals surface area contributed by atoms with Crippen LogP contribution in [0.1, 0.15) is 16.7 Å². The molecule has 1 N–H and O–H groups in total. The number of benzene rings is 3. The predicted molar refractivity (Wildman–Crippen MR) is 127 cm³/mol. The normalized spacial score (nSPS) is 11.5. The van der Waals surface area contributed by atoms with E-state index in [0.717, 1.165) is 11.1 Å². The van der Waals surface area contributed by atoms with Crippen LogP contribution < -0.4 is 9.50 Å². The summed E-state index contributed by atoms with van der Waals surface area (Å²) < 4.78 is 30.8. The number of hydrogen-bond acceptors (Lipinski definition) is 5. The largest absolute Gasteiger partial charge is 0.377 e. The first kappa shape index (κ1) is 24.3. The third-order valence-electron chi connectivity index (χ3n) is 4.50. The molecule has 0 bridgehead atoms. The van der Waals surface area contributed by atoms with Crippen LogP contribution in [0.3, 0.4) is 0 Å². The fourth-order valence-electron chi connectivity index (χ4n) is 2.82. The lowest BCUT2D eigenvalue weighted by Gasteiger charge is -2.12. The van der Waals surface area contributed by atoms with E-state index in [1.54, 1.807) is 12.1 Å². The molecular weight excluding hydrogens is 483 g/mol. The van der Waals surface area contributed by atoms with E-state index in [1.165, 1.54) is 30.3 Å². The van der Waals surface area contributed by atoms with Gasteiger partial charge in [0.2, 0.25) is 0 Å². The lowest BCUT2D eigenvalue weighted by atomic mass is 10.1. The van der Waals surface area contributed by atoms with Crippen LogP contribution in [0.25, 0.3) is 6.08 Å². The second-order valence-electron chi connectivity index (χ2n) is 6.99. The van der Waals surface area contributed by atoms with Gasteiger partial charge in [-0.1, -0.05) is 71.2 Å². The van der Waals surface area contributed by atoms with E-state index < -0.39 is 16.0 Å². The Morgan fingerprint density at radius 1 is 1.09 bits per heavy atom. The number of nitrogens with one attached hydrogen (secondary N) is 1. The molecular formula is C24H18Cl2N2O4S. The molecule has 0 fully saturated rings. The summed E-state index contributed by atoms with van der Waals surface area (Å²) in [5.74, 6) is -0.893. The van der Waals surface area contributed by atoms with E-state index in [2.05, 4.69) is 5.32 Å². The van der Waals surface area contributed by atoms with Gasteiger partial charge >= 0.3 is 10.1 Å². The van der Waals surface area contributed by atoms with Crippen LogP contribution in [0.2, 0.25) is 10.0 Å². The Bertz CT molecular complexity index is 1350. The van der Waals surface area contributed by atoms with Crippen LogP contribution in [0.15, 0.2) is 77.2 Å². The molecule has 33 heavy (non-hydrogen) atoms. The Morgan fingerprint density at radius 3 is 2.39 bits per heavy atom. The second kappa shape index (κ2) is 10.5. The van der Waals surface area contributed by atoms with Gasteiger partial charge in [-0.25, -0.2) is 0 Å². The SMILES string of the molecule is Cc1ccc(S(=O)(=O)Oc2c(Cl)cc(Cl)cc2/C=C(\C#N)C(=O)NCc2ccccc2)cc1. The Hall–Kier alpha value is -3.31. The summed E-state index contributed by atoms with van der Waals surface area (Å²) in [6.45, 7) is 2.03. The van der Waals surface area contributed by atoms with Crippen molar-refractivity contribution in [2.45, 2.75) is 18.4 Å². The first-order valence-corrected chi connectivity index (χ1v) is 11.8. The highest BCUT2D eigenvalue weighted by atomic mass is 35.5. The van der Waals surface area contributed by atoms with Crippen LogP contribution >= 0.6 is 23.2 Å². The average Bonchev–Trinajstić information content (AvgIpc) is 2.79. The summed E-state index contributed by atoms with van der Waals surface area (Å²) >= 11 is 12.3. The minimum absolute atomic E-state index is 0.0644. The molecule has 0 heterocycles. The number of carbonyl (C=O) groups is 1. The Morgan fingerprint density at radius 2 is 1.76 bits per heavy atom. The second-order valence-corrected chi connectivity index (χ2v) is 9.38. The zero-order valence-corrected chi connectivity index (χ0v) is 19.7. The van der Waals surface area contributed by atoms with E-state index in [-0.39, 0.29) is 38.4 Å². The van der Waals surface area contributed by atoms with Gasteiger partial charge < -0.3 is 9.50 Å². The van der Waals surface area contributed by atoms with Crippen molar-refractivity contribution in [3.8, 4) is 11.8 Å². The number of carbonyl (C=O) groups excluding carboxylic acids is 1. The van der Waals surface area contributed by atoms with Gasteiger partial charge in [0.25, 0.3) is 5.91 Å². The van der Waals surface area contributed by atoms with Gasteiger partial charge in [0.05, 0.1) is 5.02 Å². The molecule has 6 nitrogen and oxygen atoms in total. The monoisotopic (exact) mass is 500 g/mol. The number of aryl methyl sites for hydroxylation is 1. The van der Waals surface area contributed by atoms with Crippen molar-refractivity contribution in [2.24, 2.45) is 0 Å². The maximum atomic E-state index is 12.8. The summed E-state index contributed by atoms with van der Waals surface area (Å²) in [7, 11) is -4.24.